The summed E-state index contributed by atoms with van der Waals surface area (Å²) < 4.78 is 28.3. The first-order chi connectivity index (χ1) is 9.10. The first-order valence-electron chi connectivity index (χ1n) is 6.99. The molecule has 0 amide bonds. The van der Waals surface area contributed by atoms with E-state index >= 15 is 0 Å². The van der Waals surface area contributed by atoms with Crippen molar-refractivity contribution in [2.24, 2.45) is 5.41 Å². The fraction of sp³-hybridized carbons (Fsp3) is 0.600. The molecule has 0 bridgehead atoms. The van der Waals surface area contributed by atoms with Crippen LogP contribution in [0.5, 0.6) is 0 Å². The highest BCUT2D eigenvalue weighted by atomic mass is 79.9. The number of anilines is 1. The number of nitrogens with zero attached hydrogens (tertiary/aromatic N) is 1. The van der Waals surface area contributed by atoms with Gasteiger partial charge in [-0.3, -0.25) is 0 Å². The summed E-state index contributed by atoms with van der Waals surface area (Å²) in [5, 5.41) is 0. The standard InChI is InChI=1S/C15H18BrF2N/c16-11-7-12(17)14(13(18)8-11)19-9-15(10-19)5-3-1-2-4-6-15/h7-8H,1-6,9-10H2. The summed E-state index contributed by atoms with van der Waals surface area (Å²) in [5.74, 6) is -0.925. The molecule has 1 aliphatic heterocycles. The number of halogens is 3. The maximum absolute atomic E-state index is 13.9. The van der Waals surface area contributed by atoms with Gasteiger partial charge in [-0.25, -0.2) is 8.78 Å². The highest BCUT2D eigenvalue weighted by molar-refractivity contribution is 9.10. The van der Waals surface area contributed by atoms with Gasteiger partial charge >= 0.3 is 0 Å². The number of hydrogen-bond acceptors (Lipinski definition) is 1. The fourth-order valence-electron chi connectivity index (χ4n) is 3.55. The van der Waals surface area contributed by atoms with Crippen LogP contribution in [0.1, 0.15) is 38.5 Å². The molecule has 1 aromatic rings. The SMILES string of the molecule is Fc1cc(Br)cc(F)c1N1CC2(CCCCCC2)C1. The van der Waals surface area contributed by atoms with Gasteiger partial charge in [0.1, 0.15) is 5.69 Å². The van der Waals surface area contributed by atoms with Crippen molar-refractivity contribution >= 4 is 21.6 Å². The molecule has 0 unspecified atom stereocenters. The first kappa shape index (κ1) is 13.3. The van der Waals surface area contributed by atoms with E-state index in [1.54, 1.807) is 0 Å². The molecule has 0 N–H and O–H groups in total. The third kappa shape index (κ3) is 2.51. The van der Waals surface area contributed by atoms with Crippen LogP contribution in [0.2, 0.25) is 0 Å². The molecular weight excluding hydrogens is 312 g/mol. The Morgan fingerprint density at radius 2 is 1.47 bits per heavy atom. The van der Waals surface area contributed by atoms with E-state index in [0.29, 0.717) is 9.89 Å². The van der Waals surface area contributed by atoms with Crippen molar-refractivity contribution in [3.05, 3.63) is 28.2 Å². The lowest BCUT2D eigenvalue weighted by Crippen LogP contribution is -2.56. The van der Waals surface area contributed by atoms with E-state index < -0.39 is 11.6 Å². The maximum Gasteiger partial charge on any atom is 0.150 e. The molecule has 0 atom stereocenters. The number of hydrogen-bond donors (Lipinski definition) is 0. The molecule has 1 nitrogen and oxygen atoms in total. The summed E-state index contributed by atoms with van der Waals surface area (Å²) in [6, 6.07) is 2.69. The van der Waals surface area contributed by atoms with Crippen molar-refractivity contribution in [2.75, 3.05) is 18.0 Å². The van der Waals surface area contributed by atoms with Gasteiger partial charge in [0, 0.05) is 23.0 Å². The van der Waals surface area contributed by atoms with Crippen molar-refractivity contribution in [3.8, 4) is 0 Å². The topological polar surface area (TPSA) is 3.24 Å². The summed E-state index contributed by atoms with van der Waals surface area (Å²) in [6.07, 6.45) is 7.57. The van der Waals surface area contributed by atoms with Crippen molar-refractivity contribution in [1.82, 2.24) is 0 Å². The Balaban J connectivity index is 1.76. The molecular formula is C15H18BrF2N. The molecule has 3 rings (SSSR count). The molecule has 2 aliphatic rings. The van der Waals surface area contributed by atoms with Gasteiger partial charge in [0.2, 0.25) is 0 Å². The Bertz CT molecular complexity index is 450. The lowest BCUT2D eigenvalue weighted by atomic mass is 9.73. The van der Waals surface area contributed by atoms with E-state index in [4.69, 9.17) is 0 Å². The smallest absolute Gasteiger partial charge is 0.150 e. The highest BCUT2D eigenvalue weighted by Crippen LogP contribution is 2.45. The zero-order valence-electron chi connectivity index (χ0n) is 10.9. The fourth-order valence-corrected chi connectivity index (χ4v) is 3.95. The second-order valence-corrected chi connectivity index (χ2v) is 6.90. The average Bonchev–Trinajstić information content (AvgIpc) is 2.52. The monoisotopic (exact) mass is 329 g/mol. The summed E-state index contributed by atoms with van der Waals surface area (Å²) in [4.78, 5) is 1.86. The normalized spacial score (nSPS) is 22.2. The minimum atomic E-state index is -0.463. The van der Waals surface area contributed by atoms with Crippen molar-refractivity contribution in [1.29, 1.82) is 0 Å². The van der Waals surface area contributed by atoms with E-state index in [1.807, 2.05) is 4.90 Å². The van der Waals surface area contributed by atoms with Gasteiger partial charge in [0.15, 0.2) is 11.6 Å². The molecule has 0 aromatic heterocycles. The van der Waals surface area contributed by atoms with Crippen LogP contribution in [0.25, 0.3) is 0 Å². The molecule has 1 saturated carbocycles. The number of rotatable bonds is 1. The van der Waals surface area contributed by atoms with E-state index in [0.717, 1.165) is 13.1 Å². The molecule has 19 heavy (non-hydrogen) atoms. The van der Waals surface area contributed by atoms with Gasteiger partial charge in [-0.2, -0.15) is 0 Å². The predicted octanol–water partition coefficient (Wildman–Crippen LogP) is 4.89. The maximum atomic E-state index is 13.9. The molecule has 1 aliphatic carbocycles. The second-order valence-electron chi connectivity index (χ2n) is 5.99. The van der Waals surface area contributed by atoms with Gasteiger partial charge in [-0.1, -0.05) is 41.6 Å². The van der Waals surface area contributed by atoms with Crippen LogP contribution in [0.4, 0.5) is 14.5 Å². The van der Waals surface area contributed by atoms with Crippen LogP contribution in [-0.4, -0.2) is 13.1 Å². The lowest BCUT2D eigenvalue weighted by molar-refractivity contribution is 0.178. The van der Waals surface area contributed by atoms with E-state index in [1.165, 1.54) is 50.7 Å². The van der Waals surface area contributed by atoms with Crippen LogP contribution in [-0.2, 0) is 0 Å². The Hall–Kier alpha value is -0.640. The molecule has 104 valence electrons. The van der Waals surface area contributed by atoms with Gasteiger partial charge in [0.05, 0.1) is 0 Å². The Morgan fingerprint density at radius 3 is 2.00 bits per heavy atom. The van der Waals surface area contributed by atoms with Crippen LogP contribution in [0.15, 0.2) is 16.6 Å². The summed E-state index contributed by atoms with van der Waals surface area (Å²) >= 11 is 3.12. The van der Waals surface area contributed by atoms with Crippen molar-refractivity contribution < 1.29 is 8.78 Å². The van der Waals surface area contributed by atoms with Gasteiger partial charge in [-0.05, 0) is 25.0 Å². The molecule has 1 saturated heterocycles. The van der Waals surface area contributed by atoms with E-state index in [2.05, 4.69) is 15.9 Å². The highest BCUT2D eigenvalue weighted by Gasteiger charge is 2.44. The average molecular weight is 330 g/mol. The summed E-state index contributed by atoms with van der Waals surface area (Å²) in [7, 11) is 0. The van der Waals surface area contributed by atoms with E-state index in [-0.39, 0.29) is 5.69 Å². The molecule has 1 aromatic carbocycles. The van der Waals surface area contributed by atoms with Crippen LogP contribution in [0, 0.1) is 17.0 Å². The van der Waals surface area contributed by atoms with Crippen molar-refractivity contribution in [2.45, 2.75) is 38.5 Å². The number of benzene rings is 1. The van der Waals surface area contributed by atoms with Crippen LogP contribution in [0.3, 0.4) is 0 Å². The second kappa shape index (κ2) is 5.04. The summed E-state index contributed by atoms with van der Waals surface area (Å²) in [6.45, 7) is 1.62. The minimum Gasteiger partial charge on any atom is -0.366 e. The third-order valence-corrected chi connectivity index (χ3v) is 4.97. The first-order valence-corrected chi connectivity index (χ1v) is 7.78. The predicted molar refractivity (Wildman–Crippen MR) is 76.4 cm³/mol. The van der Waals surface area contributed by atoms with Crippen LogP contribution < -0.4 is 4.90 Å². The molecule has 1 heterocycles. The zero-order valence-corrected chi connectivity index (χ0v) is 12.5. The third-order valence-electron chi connectivity index (χ3n) is 4.51. The van der Waals surface area contributed by atoms with E-state index in [9.17, 15) is 8.78 Å². The minimum absolute atomic E-state index is 0.151. The quantitative estimate of drug-likeness (QED) is 0.709. The van der Waals surface area contributed by atoms with Crippen molar-refractivity contribution in [3.63, 3.8) is 0 Å². The molecule has 0 radical (unpaired) electrons. The van der Waals surface area contributed by atoms with Gasteiger partial charge in [0.25, 0.3) is 0 Å². The van der Waals surface area contributed by atoms with Gasteiger partial charge in [-0.15, -0.1) is 0 Å². The Labute approximate surface area is 121 Å². The van der Waals surface area contributed by atoms with Gasteiger partial charge < -0.3 is 4.90 Å². The molecule has 2 fully saturated rings. The molecule has 1 spiro atoms. The largest absolute Gasteiger partial charge is 0.366 e. The zero-order chi connectivity index (χ0) is 13.5. The lowest BCUT2D eigenvalue weighted by Gasteiger charge is -2.51. The molecule has 4 heteroatoms. The van der Waals surface area contributed by atoms with Crippen LogP contribution >= 0.6 is 15.9 Å². The Kier molecular flexibility index (Phi) is 3.54. The summed E-state index contributed by atoms with van der Waals surface area (Å²) in [5.41, 5.74) is 0.473. The Morgan fingerprint density at radius 1 is 0.947 bits per heavy atom.